The van der Waals surface area contributed by atoms with Gasteiger partial charge in [0.05, 0.1) is 6.54 Å². The second-order valence-electron chi connectivity index (χ2n) is 4.09. The van der Waals surface area contributed by atoms with E-state index in [9.17, 15) is 4.79 Å². The minimum absolute atomic E-state index is 0.111. The Morgan fingerprint density at radius 1 is 1.42 bits per heavy atom. The van der Waals surface area contributed by atoms with E-state index in [2.05, 4.69) is 10.3 Å². The Bertz CT molecular complexity index is 548. The van der Waals surface area contributed by atoms with Crippen molar-refractivity contribution in [1.82, 2.24) is 9.55 Å². The summed E-state index contributed by atoms with van der Waals surface area (Å²) in [6.07, 6.45) is 3.66. The minimum atomic E-state index is -0.489. The summed E-state index contributed by atoms with van der Waals surface area (Å²) in [5.74, 6) is 1.08. The number of carbonyl (C=O) groups excluding carboxylic acids is 1. The first-order valence-corrected chi connectivity index (χ1v) is 5.86. The van der Waals surface area contributed by atoms with Crippen LogP contribution in [0, 0.1) is 0 Å². The Kier molecular flexibility index (Phi) is 4.02. The predicted molar refractivity (Wildman–Crippen MR) is 71.7 cm³/mol. The highest BCUT2D eigenvalue weighted by atomic mass is 16.5. The number of aromatic nitrogens is 2. The molecule has 2 aromatic rings. The van der Waals surface area contributed by atoms with E-state index in [1.807, 2.05) is 29.9 Å². The van der Waals surface area contributed by atoms with Crippen LogP contribution < -0.4 is 15.8 Å². The van der Waals surface area contributed by atoms with E-state index >= 15 is 0 Å². The lowest BCUT2D eigenvalue weighted by molar-refractivity contribution is -0.119. The monoisotopic (exact) mass is 260 g/mol. The number of anilines is 1. The molecule has 2 rings (SSSR count). The molecule has 1 heterocycles. The number of aryl methyl sites for hydroxylation is 1. The quantitative estimate of drug-likeness (QED) is 0.808. The molecule has 0 bridgehead atoms. The van der Waals surface area contributed by atoms with Gasteiger partial charge in [-0.05, 0) is 24.3 Å². The van der Waals surface area contributed by atoms with Gasteiger partial charge >= 0.3 is 0 Å². The molecule has 19 heavy (non-hydrogen) atoms. The molecule has 0 spiro atoms. The number of carbonyl (C=O) groups is 1. The summed E-state index contributed by atoms with van der Waals surface area (Å²) in [4.78, 5) is 14.8. The van der Waals surface area contributed by atoms with E-state index in [1.165, 1.54) is 0 Å². The summed E-state index contributed by atoms with van der Waals surface area (Å²) in [5.41, 5.74) is 5.95. The molecule has 3 N–H and O–H groups in total. The Balaban J connectivity index is 1.88. The highest BCUT2D eigenvalue weighted by Gasteiger charge is 2.00. The average Bonchev–Trinajstić information content (AvgIpc) is 2.81. The third kappa shape index (κ3) is 3.74. The minimum Gasteiger partial charge on any atom is -0.484 e. The first-order valence-electron chi connectivity index (χ1n) is 5.86. The second-order valence-corrected chi connectivity index (χ2v) is 4.09. The molecule has 1 aromatic heterocycles. The maximum atomic E-state index is 10.6. The van der Waals surface area contributed by atoms with E-state index in [1.54, 1.807) is 18.3 Å². The number of nitrogens with zero attached hydrogens (tertiary/aromatic N) is 2. The van der Waals surface area contributed by atoms with Crippen LogP contribution >= 0.6 is 0 Å². The number of rotatable bonds is 6. The van der Waals surface area contributed by atoms with E-state index < -0.39 is 5.91 Å². The van der Waals surface area contributed by atoms with Crippen molar-refractivity contribution in [1.29, 1.82) is 0 Å². The van der Waals surface area contributed by atoms with Gasteiger partial charge in [-0.25, -0.2) is 4.98 Å². The molecule has 0 unspecified atom stereocenters. The zero-order valence-corrected chi connectivity index (χ0v) is 10.7. The number of nitrogens with two attached hydrogens (primary N) is 1. The van der Waals surface area contributed by atoms with Gasteiger partial charge in [-0.1, -0.05) is 0 Å². The van der Waals surface area contributed by atoms with Gasteiger partial charge < -0.3 is 20.4 Å². The van der Waals surface area contributed by atoms with Crippen molar-refractivity contribution in [2.24, 2.45) is 12.8 Å². The van der Waals surface area contributed by atoms with Crippen LogP contribution in [0.3, 0.4) is 0 Å². The maximum absolute atomic E-state index is 10.6. The number of hydrogen-bond acceptors (Lipinski definition) is 4. The molecule has 0 fully saturated rings. The summed E-state index contributed by atoms with van der Waals surface area (Å²) < 4.78 is 7.13. The van der Waals surface area contributed by atoms with Crippen molar-refractivity contribution in [2.75, 3.05) is 11.9 Å². The molecule has 0 aliphatic rings. The summed E-state index contributed by atoms with van der Waals surface area (Å²) >= 11 is 0. The number of hydrogen-bond donors (Lipinski definition) is 2. The third-order valence-corrected chi connectivity index (χ3v) is 2.61. The SMILES string of the molecule is Cn1ccnc1CNc1ccc(OCC(N)=O)cc1. The molecule has 6 nitrogen and oxygen atoms in total. The molecule has 0 aliphatic carbocycles. The van der Waals surface area contributed by atoms with E-state index in [-0.39, 0.29) is 6.61 Å². The molecular weight excluding hydrogens is 244 g/mol. The number of ether oxygens (including phenoxy) is 1. The Hall–Kier alpha value is -2.50. The fourth-order valence-electron chi connectivity index (χ4n) is 1.57. The van der Waals surface area contributed by atoms with Gasteiger partial charge in [0.1, 0.15) is 11.6 Å². The van der Waals surface area contributed by atoms with Crippen LogP contribution in [0.2, 0.25) is 0 Å². The lowest BCUT2D eigenvalue weighted by atomic mass is 10.3. The van der Waals surface area contributed by atoms with Crippen molar-refractivity contribution in [3.8, 4) is 5.75 Å². The number of amides is 1. The van der Waals surface area contributed by atoms with Crippen molar-refractivity contribution >= 4 is 11.6 Å². The maximum Gasteiger partial charge on any atom is 0.255 e. The summed E-state index contributed by atoms with van der Waals surface area (Å²) in [6.45, 7) is 0.533. The Labute approximate surface area is 111 Å². The normalized spacial score (nSPS) is 10.2. The highest BCUT2D eigenvalue weighted by molar-refractivity contribution is 5.75. The smallest absolute Gasteiger partial charge is 0.255 e. The van der Waals surface area contributed by atoms with Gasteiger partial charge in [0.15, 0.2) is 6.61 Å². The van der Waals surface area contributed by atoms with Gasteiger partial charge in [-0.2, -0.15) is 0 Å². The fourth-order valence-corrected chi connectivity index (χ4v) is 1.57. The zero-order chi connectivity index (χ0) is 13.7. The molecule has 0 aliphatic heterocycles. The summed E-state index contributed by atoms with van der Waals surface area (Å²) in [7, 11) is 1.95. The van der Waals surface area contributed by atoms with E-state index in [0.29, 0.717) is 12.3 Å². The number of nitrogens with one attached hydrogen (secondary N) is 1. The van der Waals surface area contributed by atoms with Gasteiger partial charge in [0.25, 0.3) is 5.91 Å². The third-order valence-electron chi connectivity index (χ3n) is 2.61. The summed E-state index contributed by atoms with van der Waals surface area (Å²) in [6, 6.07) is 7.31. The van der Waals surface area contributed by atoms with Crippen molar-refractivity contribution in [2.45, 2.75) is 6.54 Å². The molecular formula is C13H16N4O2. The van der Waals surface area contributed by atoms with Crippen LogP contribution in [0.5, 0.6) is 5.75 Å². The number of benzene rings is 1. The standard InChI is InChI=1S/C13H16N4O2/c1-17-7-6-15-13(17)8-16-10-2-4-11(5-3-10)19-9-12(14)18/h2-7,16H,8-9H2,1H3,(H2,14,18). The molecule has 100 valence electrons. The van der Waals surface area contributed by atoms with Gasteiger partial charge in [-0.3, -0.25) is 4.79 Å². The molecule has 1 aromatic carbocycles. The Morgan fingerprint density at radius 2 is 2.16 bits per heavy atom. The Morgan fingerprint density at radius 3 is 2.74 bits per heavy atom. The van der Waals surface area contributed by atoms with Crippen LogP contribution in [0.4, 0.5) is 5.69 Å². The van der Waals surface area contributed by atoms with Crippen LogP contribution in [0.1, 0.15) is 5.82 Å². The lowest BCUT2D eigenvalue weighted by Crippen LogP contribution is -2.19. The first kappa shape index (κ1) is 12.9. The molecule has 0 radical (unpaired) electrons. The van der Waals surface area contributed by atoms with Crippen molar-refractivity contribution < 1.29 is 9.53 Å². The number of primary amides is 1. The van der Waals surface area contributed by atoms with Crippen molar-refractivity contribution in [3.63, 3.8) is 0 Å². The molecule has 6 heteroatoms. The van der Waals surface area contributed by atoms with Gasteiger partial charge in [-0.15, -0.1) is 0 Å². The molecule has 1 amide bonds. The number of imidazole rings is 1. The van der Waals surface area contributed by atoms with Crippen molar-refractivity contribution in [3.05, 3.63) is 42.5 Å². The van der Waals surface area contributed by atoms with Crippen LogP contribution in [-0.2, 0) is 18.4 Å². The largest absolute Gasteiger partial charge is 0.484 e. The van der Waals surface area contributed by atoms with Gasteiger partial charge in [0, 0.05) is 25.1 Å². The predicted octanol–water partition coefficient (Wildman–Crippen LogP) is 0.896. The summed E-state index contributed by atoms with van der Waals surface area (Å²) in [5, 5.41) is 3.25. The van der Waals surface area contributed by atoms with Crippen LogP contribution in [-0.4, -0.2) is 22.1 Å². The molecule has 0 atom stereocenters. The first-order chi connectivity index (χ1) is 9.15. The van der Waals surface area contributed by atoms with Crippen LogP contribution in [0.25, 0.3) is 0 Å². The molecule has 0 saturated carbocycles. The second kappa shape index (κ2) is 5.90. The fraction of sp³-hybridized carbons (Fsp3) is 0.231. The van der Waals surface area contributed by atoms with E-state index in [4.69, 9.17) is 10.5 Å². The van der Waals surface area contributed by atoms with Gasteiger partial charge in [0.2, 0.25) is 0 Å². The lowest BCUT2D eigenvalue weighted by Gasteiger charge is -2.08. The average molecular weight is 260 g/mol. The molecule has 0 saturated heterocycles. The van der Waals surface area contributed by atoms with Crippen LogP contribution in [0.15, 0.2) is 36.7 Å². The topological polar surface area (TPSA) is 82.2 Å². The van der Waals surface area contributed by atoms with E-state index in [0.717, 1.165) is 11.5 Å². The highest BCUT2D eigenvalue weighted by Crippen LogP contribution is 2.16. The zero-order valence-electron chi connectivity index (χ0n) is 10.7.